The number of nitrogens with zero attached hydrogens (tertiary/aromatic N) is 1. The minimum atomic E-state index is -0.406. The number of allylic oxidation sites excluding steroid dienone is 1. The SMILES string of the molecule is CCCCCN1/C(=C\C(=O)c2ccc(C(=O)OC)cc2)Sc2ccccc21. The van der Waals surface area contributed by atoms with Gasteiger partial charge >= 0.3 is 5.97 Å². The zero-order chi connectivity index (χ0) is 19.2. The molecule has 0 bridgehead atoms. The average molecular weight is 381 g/mol. The van der Waals surface area contributed by atoms with Gasteiger partial charge in [0.2, 0.25) is 0 Å². The van der Waals surface area contributed by atoms with Crippen LogP contribution in [-0.4, -0.2) is 25.4 Å². The van der Waals surface area contributed by atoms with Crippen molar-refractivity contribution >= 4 is 29.2 Å². The first kappa shape index (κ1) is 19.2. The molecule has 1 aliphatic rings. The number of carbonyl (C=O) groups excluding carboxylic acids is 2. The maximum atomic E-state index is 12.7. The average Bonchev–Trinajstić information content (AvgIpc) is 3.05. The van der Waals surface area contributed by atoms with Crippen LogP contribution >= 0.6 is 11.8 Å². The molecule has 0 saturated carbocycles. The Kier molecular flexibility index (Phi) is 6.35. The van der Waals surface area contributed by atoms with Crippen LogP contribution < -0.4 is 4.90 Å². The minimum Gasteiger partial charge on any atom is -0.465 e. The van der Waals surface area contributed by atoms with Gasteiger partial charge in [0.1, 0.15) is 0 Å². The van der Waals surface area contributed by atoms with E-state index in [-0.39, 0.29) is 5.78 Å². The van der Waals surface area contributed by atoms with Crippen LogP contribution in [0, 0.1) is 0 Å². The lowest BCUT2D eigenvalue weighted by Crippen LogP contribution is -2.19. The second-order valence-electron chi connectivity index (χ2n) is 6.34. The molecular formula is C22H23NO3S. The van der Waals surface area contributed by atoms with Crippen molar-refractivity contribution in [3.63, 3.8) is 0 Å². The molecule has 0 spiro atoms. The van der Waals surface area contributed by atoms with Crippen molar-refractivity contribution in [2.45, 2.75) is 31.1 Å². The van der Waals surface area contributed by atoms with Gasteiger partial charge in [0, 0.05) is 23.1 Å². The number of unbranched alkanes of at least 4 members (excludes halogenated alkanes) is 2. The number of carbonyl (C=O) groups is 2. The summed E-state index contributed by atoms with van der Waals surface area (Å²) in [4.78, 5) is 27.7. The molecule has 3 rings (SSSR count). The Balaban J connectivity index is 1.81. The molecule has 1 heterocycles. The van der Waals surface area contributed by atoms with E-state index in [0.29, 0.717) is 11.1 Å². The molecule has 0 fully saturated rings. The minimum absolute atomic E-state index is 0.0674. The number of ketones is 1. The highest BCUT2D eigenvalue weighted by molar-refractivity contribution is 8.03. The van der Waals surface area contributed by atoms with E-state index in [1.165, 1.54) is 24.1 Å². The van der Waals surface area contributed by atoms with Gasteiger partial charge in [0.25, 0.3) is 0 Å². The molecule has 0 amide bonds. The summed E-state index contributed by atoms with van der Waals surface area (Å²) in [5.41, 5.74) is 2.16. The van der Waals surface area contributed by atoms with Gasteiger partial charge in [-0.2, -0.15) is 0 Å². The molecular weight excluding hydrogens is 358 g/mol. The fraction of sp³-hybridized carbons (Fsp3) is 0.273. The number of hydrogen-bond acceptors (Lipinski definition) is 5. The summed E-state index contributed by atoms with van der Waals surface area (Å²) < 4.78 is 4.70. The smallest absolute Gasteiger partial charge is 0.337 e. The quantitative estimate of drug-likeness (QED) is 0.282. The molecule has 5 heteroatoms. The molecule has 1 aliphatic heterocycles. The topological polar surface area (TPSA) is 46.6 Å². The first-order chi connectivity index (χ1) is 13.1. The number of esters is 1. The first-order valence-electron chi connectivity index (χ1n) is 9.13. The third-order valence-corrected chi connectivity index (χ3v) is 5.58. The summed E-state index contributed by atoms with van der Waals surface area (Å²) in [6, 6.07) is 14.8. The Morgan fingerprint density at radius 2 is 1.74 bits per heavy atom. The highest BCUT2D eigenvalue weighted by Crippen LogP contribution is 2.45. The number of methoxy groups -OCH3 is 1. The lowest BCUT2D eigenvalue weighted by Gasteiger charge is -2.20. The lowest BCUT2D eigenvalue weighted by atomic mass is 10.1. The standard InChI is InChI=1S/C22H23NO3S/c1-3-4-7-14-23-18-8-5-6-9-20(18)27-21(23)15-19(24)16-10-12-17(13-11-16)22(25)26-2/h5-6,8-13,15H,3-4,7,14H2,1-2H3/b21-15+. The summed E-state index contributed by atoms with van der Waals surface area (Å²) in [6.07, 6.45) is 5.11. The van der Waals surface area contributed by atoms with Crippen molar-refractivity contribution in [3.05, 3.63) is 70.8 Å². The molecule has 27 heavy (non-hydrogen) atoms. The van der Waals surface area contributed by atoms with Crippen molar-refractivity contribution in [2.75, 3.05) is 18.6 Å². The van der Waals surface area contributed by atoms with Crippen LogP contribution in [0.4, 0.5) is 5.69 Å². The molecule has 0 aromatic heterocycles. The molecule has 0 N–H and O–H groups in total. The van der Waals surface area contributed by atoms with Crippen molar-refractivity contribution < 1.29 is 14.3 Å². The van der Waals surface area contributed by atoms with Crippen LogP contribution in [0.2, 0.25) is 0 Å². The summed E-state index contributed by atoms with van der Waals surface area (Å²) in [6.45, 7) is 3.09. The molecule has 140 valence electrons. The Hall–Kier alpha value is -2.53. The number of ether oxygens (including phenoxy) is 1. The van der Waals surface area contributed by atoms with Crippen molar-refractivity contribution in [2.24, 2.45) is 0 Å². The highest BCUT2D eigenvalue weighted by Gasteiger charge is 2.25. The fourth-order valence-corrected chi connectivity index (χ4v) is 4.12. The van der Waals surface area contributed by atoms with Crippen LogP contribution in [0.3, 0.4) is 0 Å². The predicted octanol–water partition coefficient (Wildman–Crippen LogP) is 5.30. The summed E-state index contributed by atoms with van der Waals surface area (Å²) >= 11 is 1.63. The molecule has 2 aromatic rings. The third-order valence-electron chi connectivity index (χ3n) is 4.47. The maximum absolute atomic E-state index is 12.7. The lowest BCUT2D eigenvalue weighted by molar-refractivity contribution is 0.0600. The number of para-hydroxylation sites is 1. The number of thioether (sulfide) groups is 1. The predicted molar refractivity (Wildman–Crippen MR) is 109 cm³/mol. The fourth-order valence-electron chi connectivity index (χ4n) is 2.99. The summed E-state index contributed by atoms with van der Waals surface area (Å²) in [5.74, 6) is -0.474. The van der Waals surface area contributed by atoms with Crippen LogP contribution in [0.1, 0.15) is 46.9 Å². The van der Waals surface area contributed by atoms with E-state index < -0.39 is 5.97 Å². The van der Waals surface area contributed by atoms with E-state index in [2.05, 4.69) is 24.0 Å². The number of hydrogen-bond donors (Lipinski definition) is 0. The molecule has 0 unspecified atom stereocenters. The molecule has 0 aliphatic carbocycles. The van der Waals surface area contributed by atoms with Gasteiger partial charge in [-0.05, 0) is 30.7 Å². The van der Waals surface area contributed by atoms with Gasteiger partial charge in [0.15, 0.2) is 5.78 Å². The second kappa shape index (κ2) is 8.91. The van der Waals surface area contributed by atoms with Gasteiger partial charge in [-0.15, -0.1) is 0 Å². The molecule has 0 saturated heterocycles. The monoisotopic (exact) mass is 381 g/mol. The number of fused-ring (bicyclic) bond motifs is 1. The van der Waals surface area contributed by atoms with E-state index in [0.717, 1.165) is 24.4 Å². The Bertz CT molecular complexity index is 858. The third kappa shape index (κ3) is 4.42. The van der Waals surface area contributed by atoms with Gasteiger partial charge < -0.3 is 9.64 Å². The molecule has 0 radical (unpaired) electrons. The van der Waals surface area contributed by atoms with E-state index in [1.807, 2.05) is 12.1 Å². The largest absolute Gasteiger partial charge is 0.465 e. The van der Waals surface area contributed by atoms with Crippen molar-refractivity contribution in [1.82, 2.24) is 0 Å². The van der Waals surface area contributed by atoms with Gasteiger partial charge in [-0.1, -0.05) is 55.8 Å². The summed E-state index contributed by atoms with van der Waals surface area (Å²) in [7, 11) is 1.34. The highest BCUT2D eigenvalue weighted by atomic mass is 32.2. The number of rotatable bonds is 7. The number of anilines is 1. The second-order valence-corrected chi connectivity index (χ2v) is 7.41. The Morgan fingerprint density at radius 3 is 2.44 bits per heavy atom. The van der Waals surface area contributed by atoms with Crippen molar-refractivity contribution in [1.29, 1.82) is 0 Å². The molecule has 4 nitrogen and oxygen atoms in total. The van der Waals surface area contributed by atoms with E-state index in [1.54, 1.807) is 42.1 Å². The van der Waals surface area contributed by atoms with E-state index in [4.69, 9.17) is 4.74 Å². The Labute approximate surface area is 164 Å². The zero-order valence-electron chi connectivity index (χ0n) is 15.6. The Morgan fingerprint density at radius 1 is 1.04 bits per heavy atom. The first-order valence-corrected chi connectivity index (χ1v) is 9.94. The van der Waals surface area contributed by atoms with Gasteiger partial charge in [-0.3, -0.25) is 4.79 Å². The van der Waals surface area contributed by atoms with Gasteiger partial charge in [0.05, 0.1) is 23.4 Å². The zero-order valence-corrected chi connectivity index (χ0v) is 16.4. The van der Waals surface area contributed by atoms with Crippen LogP contribution in [0.5, 0.6) is 0 Å². The van der Waals surface area contributed by atoms with E-state index in [9.17, 15) is 9.59 Å². The van der Waals surface area contributed by atoms with Crippen molar-refractivity contribution in [3.8, 4) is 0 Å². The molecule has 2 aromatic carbocycles. The normalized spacial score (nSPS) is 14.3. The summed E-state index contributed by atoms with van der Waals surface area (Å²) in [5, 5.41) is 0.953. The molecule has 0 atom stereocenters. The number of benzene rings is 2. The van der Waals surface area contributed by atoms with Crippen LogP contribution in [-0.2, 0) is 4.74 Å². The van der Waals surface area contributed by atoms with Crippen LogP contribution in [0.25, 0.3) is 0 Å². The van der Waals surface area contributed by atoms with Gasteiger partial charge in [-0.25, -0.2) is 4.79 Å². The maximum Gasteiger partial charge on any atom is 0.337 e. The van der Waals surface area contributed by atoms with E-state index >= 15 is 0 Å². The van der Waals surface area contributed by atoms with Crippen LogP contribution in [0.15, 0.2) is 64.5 Å².